The zero-order valence-corrected chi connectivity index (χ0v) is 14.9. The molecule has 1 saturated heterocycles. The van der Waals surface area contributed by atoms with Gasteiger partial charge in [-0.25, -0.2) is 8.42 Å². The fourth-order valence-electron chi connectivity index (χ4n) is 2.97. The average molecular weight is 350 g/mol. The minimum Gasteiger partial charge on any atom is -0.377 e. The predicted molar refractivity (Wildman–Crippen MR) is 92.9 cm³/mol. The highest BCUT2D eigenvalue weighted by atomic mass is 32.2. The number of aryl methyl sites for hydroxylation is 2. The lowest BCUT2D eigenvalue weighted by Crippen LogP contribution is -2.43. The number of H-pyrrole nitrogens is 1. The van der Waals surface area contributed by atoms with E-state index in [9.17, 15) is 8.42 Å². The summed E-state index contributed by atoms with van der Waals surface area (Å²) < 4.78 is 33.1. The van der Waals surface area contributed by atoms with Gasteiger partial charge in [-0.1, -0.05) is 0 Å². The van der Waals surface area contributed by atoms with Gasteiger partial charge in [-0.15, -0.1) is 0 Å². The van der Waals surface area contributed by atoms with Gasteiger partial charge in [-0.3, -0.25) is 9.82 Å². The Hall–Kier alpha value is -2.06. The lowest BCUT2D eigenvalue weighted by molar-refractivity contribution is 0.0989. The molecule has 24 heavy (non-hydrogen) atoms. The van der Waals surface area contributed by atoms with E-state index in [0.29, 0.717) is 36.3 Å². The number of aromatic amines is 1. The van der Waals surface area contributed by atoms with E-state index in [2.05, 4.69) is 26.7 Å². The molecule has 7 nitrogen and oxygen atoms in total. The maximum absolute atomic E-state index is 12.5. The van der Waals surface area contributed by atoms with E-state index in [4.69, 9.17) is 4.74 Å². The van der Waals surface area contributed by atoms with Crippen LogP contribution in [0, 0.1) is 13.8 Å². The molecule has 3 rings (SSSR count). The van der Waals surface area contributed by atoms with Crippen molar-refractivity contribution in [3.8, 4) is 0 Å². The van der Waals surface area contributed by atoms with Crippen LogP contribution in [0.25, 0.3) is 0 Å². The van der Waals surface area contributed by atoms with E-state index < -0.39 is 10.0 Å². The monoisotopic (exact) mass is 350 g/mol. The van der Waals surface area contributed by atoms with E-state index >= 15 is 0 Å². The molecular weight excluding hydrogens is 328 g/mol. The van der Waals surface area contributed by atoms with Crippen molar-refractivity contribution in [3.05, 3.63) is 35.7 Å². The van der Waals surface area contributed by atoms with E-state index in [1.54, 1.807) is 26.0 Å². The molecule has 0 aliphatic carbocycles. The molecule has 1 aliphatic heterocycles. The van der Waals surface area contributed by atoms with Crippen LogP contribution in [0.1, 0.15) is 18.3 Å². The second-order valence-electron chi connectivity index (χ2n) is 6.03. The highest BCUT2D eigenvalue weighted by molar-refractivity contribution is 7.92. The lowest BCUT2D eigenvalue weighted by Gasteiger charge is -2.35. The summed E-state index contributed by atoms with van der Waals surface area (Å²) in [6, 6.07) is 7.71. The number of morpholine rings is 1. The molecule has 1 fully saturated rings. The van der Waals surface area contributed by atoms with Gasteiger partial charge in [0.1, 0.15) is 4.90 Å². The molecule has 130 valence electrons. The lowest BCUT2D eigenvalue weighted by atomic mass is 10.2. The van der Waals surface area contributed by atoms with Gasteiger partial charge in [0.05, 0.1) is 24.6 Å². The molecule has 0 saturated carbocycles. The summed E-state index contributed by atoms with van der Waals surface area (Å²) >= 11 is 0. The summed E-state index contributed by atoms with van der Waals surface area (Å²) in [5, 5.41) is 6.64. The summed E-state index contributed by atoms with van der Waals surface area (Å²) in [5.41, 5.74) is 2.57. The van der Waals surface area contributed by atoms with E-state index in [0.717, 1.165) is 12.2 Å². The maximum Gasteiger partial charge on any atom is 0.265 e. The standard InChI is InChI=1S/C16H22N4O3S/c1-11-10-23-9-8-20(11)15-6-4-14(5-7-15)19-24(21,22)16-12(2)17-18-13(16)3/h4-7,11,19H,8-10H2,1-3H3,(H,17,18). The van der Waals surface area contributed by atoms with E-state index in [1.807, 2.05) is 12.1 Å². The first-order valence-electron chi connectivity index (χ1n) is 7.87. The number of rotatable bonds is 4. The third kappa shape index (κ3) is 3.25. The van der Waals surface area contributed by atoms with Gasteiger partial charge < -0.3 is 9.64 Å². The number of hydrogen-bond donors (Lipinski definition) is 2. The van der Waals surface area contributed by atoms with Crippen LogP contribution in [-0.2, 0) is 14.8 Å². The summed E-state index contributed by atoms with van der Waals surface area (Å²) in [7, 11) is -3.66. The summed E-state index contributed by atoms with van der Waals surface area (Å²) in [5.74, 6) is 0. The van der Waals surface area contributed by atoms with E-state index in [-0.39, 0.29) is 4.90 Å². The van der Waals surface area contributed by atoms with Crippen molar-refractivity contribution in [1.29, 1.82) is 0 Å². The number of benzene rings is 1. The number of nitrogens with zero attached hydrogens (tertiary/aromatic N) is 2. The minimum atomic E-state index is -3.66. The number of anilines is 2. The van der Waals surface area contributed by atoms with Gasteiger partial charge in [-0.2, -0.15) is 5.10 Å². The Morgan fingerprint density at radius 3 is 2.58 bits per heavy atom. The molecule has 1 atom stereocenters. The van der Waals surface area contributed by atoms with Gasteiger partial charge in [0.2, 0.25) is 0 Å². The highest BCUT2D eigenvalue weighted by Gasteiger charge is 2.23. The van der Waals surface area contributed by atoms with Crippen molar-refractivity contribution >= 4 is 21.4 Å². The highest BCUT2D eigenvalue weighted by Crippen LogP contribution is 2.24. The van der Waals surface area contributed by atoms with E-state index in [1.165, 1.54) is 0 Å². The van der Waals surface area contributed by atoms with Crippen LogP contribution in [-0.4, -0.2) is 44.4 Å². The van der Waals surface area contributed by atoms with Gasteiger partial charge in [0.25, 0.3) is 10.0 Å². The number of sulfonamides is 1. The molecule has 1 aliphatic rings. The molecule has 0 radical (unpaired) electrons. The average Bonchev–Trinajstić information content (AvgIpc) is 2.88. The fourth-order valence-corrected chi connectivity index (χ4v) is 4.41. The van der Waals surface area contributed by atoms with Crippen LogP contribution in [0.3, 0.4) is 0 Å². The van der Waals surface area contributed by atoms with Gasteiger partial charge >= 0.3 is 0 Å². The van der Waals surface area contributed by atoms with Crippen molar-refractivity contribution in [3.63, 3.8) is 0 Å². The molecule has 0 bridgehead atoms. The molecule has 1 unspecified atom stereocenters. The van der Waals surface area contributed by atoms with Crippen LogP contribution < -0.4 is 9.62 Å². The van der Waals surface area contributed by atoms with Crippen molar-refractivity contribution in [1.82, 2.24) is 10.2 Å². The number of hydrogen-bond acceptors (Lipinski definition) is 5. The molecule has 0 amide bonds. The third-order valence-electron chi connectivity index (χ3n) is 4.15. The Balaban J connectivity index is 1.79. The second-order valence-corrected chi connectivity index (χ2v) is 7.65. The maximum atomic E-state index is 12.5. The summed E-state index contributed by atoms with van der Waals surface area (Å²) in [6.45, 7) is 7.71. The Bertz CT molecular complexity index is 795. The zero-order chi connectivity index (χ0) is 17.3. The van der Waals surface area contributed by atoms with Gasteiger partial charge in [-0.05, 0) is 45.0 Å². The Labute approximate surface area is 142 Å². The normalized spacial score (nSPS) is 18.6. The SMILES string of the molecule is Cc1n[nH]c(C)c1S(=O)(=O)Nc1ccc(N2CCOCC2C)cc1. The summed E-state index contributed by atoms with van der Waals surface area (Å²) in [6.07, 6.45) is 0. The molecule has 1 aromatic carbocycles. The second kappa shape index (κ2) is 6.45. The van der Waals surface area contributed by atoms with Crippen LogP contribution in [0.5, 0.6) is 0 Å². The van der Waals surface area contributed by atoms with Crippen molar-refractivity contribution in [2.24, 2.45) is 0 Å². The quantitative estimate of drug-likeness (QED) is 0.881. The van der Waals surface area contributed by atoms with Gasteiger partial charge in [0, 0.05) is 24.0 Å². The van der Waals surface area contributed by atoms with Gasteiger partial charge in [0.15, 0.2) is 0 Å². The molecule has 2 heterocycles. The molecule has 8 heteroatoms. The zero-order valence-electron chi connectivity index (χ0n) is 14.0. The Morgan fingerprint density at radius 2 is 2.00 bits per heavy atom. The molecule has 0 spiro atoms. The molecule has 2 N–H and O–H groups in total. The topological polar surface area (TPSA) is 87.3 Å². The van der Waals surface area contributed by atoms with Crippen LogP contribution in [0.2, 0.25) is 0 Å². The number of nitrogens with one attached hydrogen (secondary N) is 2. The first-order chi connectivity index (χ1) is 11.4. The fraction of sp³-hybridized carbons (Fsp3) is 0.438. The minimum absolute atomic E-state index is 0.202. The third-order valence-corrected chi connectivity index (χ3v) is 5.79. The number of aromatic nitrogens is 2. The van der Waals surface area contributed by atoms with Crippen LogP contribution in [0.15, 0.2) is 29.2 Å². The smallest absolute Gasteiger partial charge is 0.265 e. The molecular formula is C16H22N4O3S. The van der Waals surface area contributed by atoms with Crippen molar-refractivity contribution in [2.75, 3.05) is 29.4 Å². The first kappa shape index (κ1) is 16.8. The Morgan fingerprint density at radius 1 is 1.29 bits per heavy atom. The predicted octanol–water partition coefficient (Wildman–Crippen LogP) is 2.05. The van der Waals surface area contributed by atoms with Crippen LogP contribution >= 0.6 is 0 Å². The van der Waals surface area contributed by atoms with Crippen molar-refractivity contribution in [2.45, 2.75) is 31.7 Å². The molecule has 1 aromatic heterocycles. The Kier molecular flexibility index (Phi) is 4.51. The summed E-state index contributed by atoms with van der Waals surface area (Å²) in [4.78, 5) is 2.46. The first-order valence-corrected chi connectivity index (χ1v) is 9.35. The largest absolute Gasteiger partial charge is 0.377 e. The number of ether oxygens (including phenoxy) is 1. The molecule has 2 aromatic rings. The van der Waals surface area contributed by atoms with Crippen molar-refractivity contribution < 1.29 is 13.2 Å². The van der Waals surface area contributed by atoms with Crippen LogP contribution in [0.4, 0.5) is 11.4 Å².